The molecule has 0 bridgehead atoms. The van der Waals surface area contributed by atoms with Gasteiger partial charge in [-0.05, 0) is 24.3 Å². The molecule has 1 aromatic heterocycles. The monoisotopic (exact) mass is 296 g/mol. The molecule has 1 heterocycles. The Kier molecular flexibility index (Phi) is 3.91. The van der Waals surface area contributed by atoms with E-state index < -0.39 is 0 Å². The Labute approximate surface area is 127 Å². The van der Waals surface area contributed by atoms with Crippen LogP contribution in [0.2, 0.25) is 0 Å². The van der Waals surface area contributed by atoms with E-state index in [-0.39, 0.29) is 6.03 Å². The number of para-hydroxylation sites is 1. The Bertz CT molecular complexity index is 797. The number of anilines is 1. The van der Waals surface area contributed by atoms with Crippen molar-refractivity contribution in [2.24, 2.45) is 0 Å². The molecule has 0 aliphatic heterocycles. The van der Waals surface area contributed by atoms with E-state index in [1.807, 2.05) is 42.5 Å². The molecule has 0 spiro atoms. The Morgan fingerprint density at radius 3 is 3.00 bits per heavy atom. The van der Waals surface area contributed by atoms with Crippen LogP contribution in [0.25, 0.3) is 11.0 Å². The third kappa shape index (κ3) is 3.01. The zero-order valence-corrected chi connectivity index (χ0v) is 12.1. The first-order valence-electron chi connectivity index (χ1n) is 6.86. The second-order valence-electron chi connectivity index (χ2n) is 4.75. The van der Waals surface area contributed by atoms with Gasteiger partial charge in [0.1, 0.15) is 5.75 Å². The maximum absolute atomic E-state index is 12.0. The highest BCUT2D eigenvalue weighted by Crippen LogP contribution is 2.17. The van der Waals surface area contributed by atoms with Crippen LogP contribution in [0.3, 0.4) is 0 Å². The van der Waals surface area contributed by atoms with Crippen molar-refractivity contribution in [2.45, 2.75) is 6.54 Å². The van der Waals surface area contributed by atoms with Gasteiger partial charge < -0.3 is 20.4 Å². The first-order valence-corrected chi connectivity index (χ1v) is 6.86. The lowest BCUT2D eigenvalue weighted by Crippen LogP contribution is -2.28. The minimum atomic E-state index is -0.273. The van der Waals surface area contributed by atoms with Crippen molar-refractivity contribution < 1.29 is 9.53 Å². The van der Waals surface area contributed by atoms with Crippen molar-refractivity contribution in [3.8, 4) is 5.75 Å². The van der Waals surface area contributed by atoms with Gasteiger partial charge in [0.15, 0.2) is 0 Å². The molecule has 2 amide bonds. The van der Waals surface area contributed by atoms with Crippen molar-refractivity contribution in [1.29, 1.82) is 0 Å². The number of urea groups is 1. The van der Waals surface area contributed by atoms with Crippen LogP contribution in [0.4, 0.5) is 10.5 Å². The zero-order chi connectivity index (χ0) is 15.4. The van der Waals surface area contributed by atoms with Crippen LogP contribution < -0.4 is 15.4 Å². The van der Waals surface area contributed by atoms with E-state index >= 15 is 0 Å². The third-order valence-corrected chi connectivity index (χ3v) is 3.31. The number of H-pyrrole nitrogens is 1. The number of nitrogens with zero attached hydrogens (tertiary/aromatic N) is 1. The smallest absolute Gasteiger partial charge is 0.319 e. The fraction of sp³-hybridized carbons (Fsp3) is 0.125. The first-order chi connectivity index (χ1) is 10.8. The van der Waals surface area contributed by atoms with Crippen LogP contribution >= 0.6 is 0 Å². The standard InChI is InChI=1S/C16H16N4O2/c1-22-15-5-3-2-4-11(15)9-17-16(21)20-12-6-7-13-14(8-12)19-10-18-13/h2-8,10H,9H2,1H3,(H,18,19)(H2,17,20,21). The number of nitrogens with one attached hydrogen (secondary N) is 3. The highest BCUT2D eigenvalue weighted by Gasteiger charge is 2.06. The number of aromatic nitrogens is 2. The van der Waals surface area contributed by atoms with E-state index in [1.54, 1.807) is 13.4 Å². The molecule has 0 atom stereocenters. The number of methoxy groups -OCH3 is 1. The highest BCUT2D eigenvalue weighted by molar-refractivity contribution is 5.91. The lowest BCUT2D eigenvalue weighted by atomic mass is 10.2. The van der Waals surface area contributed by atoms with E-state index in [0.29, 0.717) is 12.2 Å². The van der Waals surface area contributed by atoms with Gasteiger partial charge in [0.25, 0.3) is 0 Å². The summed E-state index contributed by atoms with van der Waals surface area (Å²) >= 11 is 0. The van der Waals surface area contributed by atoms with Gasteiger partial charge in [-0.1, -0.05) is 18.2 Å². The first kappa shape index (κ1) is 13.9. The average molecular weight is 296 g/mol. The number of aromatic amines is 1. The largest absolute Gasteiger partial charge is 0.496 e. The van der Waals surface area contributed by atoms with Gasteiger partial charge in [-0.3, -0.25) is 0 Å². The number of hydrogen-bond donors (Lipinski definition) is 3. The number of carbonyl (C=O) groups is 1. The molecule has 2 aromatic carbocycles. The minimum Gasteiger partial charge on any atom is -0.496 e. The molecule has 0 aliphatic carbocycles. The molecule has 0 aliphatic rings. The van der Waals surface area contributed by atoms with Gasteiger partial charge >= 0.3 is 6.03 Å². The normalized spacial score (nSPS) is 10.4. The van der Waals surface area contributed by atoms with Crippen LogP contribution in [0, 0.1) is 0 Å². The van der Waals surface area contributed by atoms with Gasteiger partial charge in [-0.2, -0.15) is 0 Å². The molecule has 3 rings (SSSR count). The number of ether oxygens (including phenoxy) is 1. The molecule has 0 unspecified atom stereocenters. The molecule has 6 heteroatoms. The predicted octanol–water partition coefficient (Wildman–Crippen LogP) is 2.89. The lowest BCUT2D eigenvalue weighted by Gasteiger charge is -2.10. The molecule has 6 nitrogen and oxygen atoms in total. The summed E-state index contributed by atoms with van der Waals surface area (Å²) in [5, 5.41) is 5.60. The molecule has 0 saturated heterocycles. The molecular weight excluding hydrogens is 280 g/mol. The van der Waals surface area contributed by atoms with Gasteiger partial charge in [0.2, 0.25) is 0 Å². The van der Waals surface area contributed by atoms with Gasteiger partial charge in [-0.15, -0.1) is 0 Å². The predicted molar refractivity (Wildman–Crippen MR) is 84.9 cm³/mol. The van der Waals surface area contributed by atoms with Crippen molar-refractivity contribution in [1.82, 2.24) is 15.3 Å². The van der Waals surface area contributed by atoms with Gasteiger partial charge in [0, 0.05) is 17.8 Å². The van der Waals surface area contributed by atoms with Gasteiger partial charge in [0.05, 0.1) is 24.5 Å². The lowest BCUT2D eigenvalue weighted by molar-refractivity contribution is 0.251. The van der Waals surface area contributed by atoms with E-state index in [9.17, 15) is 4.79 Å². The maximum atomic E-state index is 12.0. The number of rotatable bonds is 4. The van der Waals surface area contributed by atoms with Crippen molar-refractivity contribution >= 4 is 22.8 Å². The molecule has 0 radical (unpaired) electrons. The number of carbonyl (C=O) groups excluding carboxylic acids is 1. The van der Waals surface area contributed by atoms with Crippen LogP contribution in [-0.2, 0) is 6.54 Å². The summed E-state index contributed by atoms with van der Waals surface area (Å²) < 4.78 is 5.25. The van der Waals surface area contributed by atoms with Gasteiger partial charge in [-0.25, -0.2) is 9.78 Å². The van der Waals surface area contributed by atoms with E-state index in [0.717, 1.165) is 22.3 Å². The number of benzene rings is 2. The topological polar surface area (TPSA) is 79.0 Å². The summed E-state index contributed by atoms with van der Waals surface area (Å²) in [5.74, 6) is 0.752. The van der Waals surface area contributed by atoms with Crippen LogP contribution in [-0.4, -0.2) is 23.1 Å². The summed E-state index contributed by atoms with van der Waals surface area (Å²) in [6.07, 6.45) is 1.62. The number of amides is 2. The summed E-state index contributed by atoms with van der Waals surface area (Å²) in [5.41, 5.74) is 3.36. The Morgan fingerprint density at radius 2 is 2.14 bits per heavy atom. The van der Waals surface area contributed by atoms with E-state index in [1.165, 1.54) is 0 Å². The minimum absolute atomic E-state index is 0.273. The van der Waals surface area contributed by atoms with Crippen LogP contribution in [0.1, 0.15) is 5.56 Å². The molecule has 3 aromatic rings. The fourth-order valence-corrected chi connectivity index (χ4v) is 2.21. The summed E-state index contributed by atoms with van der Waals surface area (Å²) in [4.78, 5) is 19.1. The summed E-state index contributed by atoms with van der Waals surface area (Å²) in [7, 11) is 1.61. The molecule has 112 valence electrons. The Balaban J connectivity index is 1.62. The fourth-order valence-electron chi connectivity index (χ4n) is 2.21. The summed E-state index contributed by atoms with van der Waals surface area (Å²) in [6, 6.07) is 12.8. The summed E-state index contributed by atoms with van der Waals surface area (Å²) in [6.45, 7) is 0.391. The van der Waals surface area contributed by atoms with Crippen molar-refractivity contribution in [2.75, 3.05) is 12.4 Å². The van der Waals surface area contributed by atoms with E-state index in [4.69, 9.17) is 4.74 Å². The Morgan fingerprint density at radius 1 is 1.27 bits per heavy atom. The second kappa shape index (κ2) is 6.17. The molecular formula is C16H16N4O2. The van der Waals surface area contributed by atoms with Crippen LogP contribution in [0.5, 0.6) is 5.75 Å². The average Bonchev–Trinajstić information content (AvgIpc) is 3.01. The number of fused-ring (bicyclic) bond motifs is 1. The third-order valence-electron chi connectivity index (χ3n) is 3.31. The highest BCUT2D eigenvalue weighted by atomic mass is 16.5. The van der Waals surface area contributed by atoms with Crippen molar-refractivity contribution in [3.05, 3.63) is 54.4 Å². The molecule has 3 N–H and O–H groups in total. The zero-order valence-electron chi connectivity index (χ0n) is 12.1. The molecule has 0 fully saturated rings. The van der Waals surface area contributed by atoms with E-state index in [2.05, 4.69) is 20.6 Å². The number of imidazole rings is 1. The number of hydrogen-bond acceptors (Lipinski definition) is 3. The maximum Gasteiger partial charge on any atom is 0.319 e. The quantitative estimate of drug-likeness (QED) is 0.692. The Hall–Kier alpha value is -3.02. The van der Waals surface area contributed by atoms with Crippen molar-refractivity contribution in [3.63, 3.8) is 0 Å². The second-order valence-corrected chi connectivity index (χ2v) is 4.75. The van der Waals surface area contributed by atoms with Crippen LogP contribution in [0.15, 0.2) is 48.8 Å². The molecule has 22 heavy (non-hydrogen) atoms. The SMILES string of the molecule is COc1ccccc1CNC(=O)Nc1ccc2nc[nH]c2c1. The molecule has 0 saturated carbocycles.